The van der Waals surface area contributed by atoms with Crippen molar-refractivity contribution in [2.75, 3.05) is 13.2 Å². The highest BCUT2D eigenvalue weighted by atomic mass is 16.5. The number of carbonyl (C=O) groups excluding carboxylic acids is 4. The lowest BCUT2D eigenvalue weighted by Crippen LogP contribution is -2.61. The molecule has 0 radical (unpaired) electrons. The van der Waals surface area contributed by atoms with Crippen molar-refractivity contribution in [3.8, 4) is 0 Å². The molecule has 1 saturated heterocycles. The topological polar surface area (TPSA) is 168 Å². The van der Waals surface area contributed by atoms with Crippen molar-refractivity contribution in [1.29, 1.82) is 0 Å². The van der Waals surface area contributed by atoms with Crippen LogP contribution in [0.4, 0.5) is 0 Å². The zero-order valence-corrected chi connectivity index (χ0v) is 26.2. The second kappa shape index (κ2) is 17.9. The first-order valence-electron chi connectivity index (χ1n) is 15.8. The van der Waals surface area contributed by atoms with Gasteiger partial charge < -0.3 is 31.1 Å². The first kappa shape index (κ1) is 35.2. The van der Waals surface area contributed by atoms with Crippen molar-refractivity contribution in [1.82, 2.24) is 15.5 Å². The summed E-state index contributed by atoms with van der Waals surface area (Å²) < 4.78 is 5.25. The number of esters is 1. The first-order valence-corrected chi connectivity index (χ1v) is 15.8. The number of carboxylic acid groups (broad SMARTS) is 1. The molecule has 45 heavy (non-hydrogen) atoms. The highest BCUT2D eigenvalue weighted by Gasteiger charge is 2.39. The molecular formula is C34H46N4O7. The molecule has 0 aromatic heterocycles. The van der Waals surface area contributed by atoms with Gasteiger partial charge in [-0.05, 0) is 68.6 Å². The highest BCUT2D eigenvalue weighted by Crippen LogP contribution is 2.22. The zero-order valence-electron chi connectivity index (χ0n) is 26.2. The van der Waals surface area contributed by atoms with Crippen LogP contribution >= 0.6 is 0 Å². The van der Waals surface area contributed by atoms with Crippen LogP contribution in [-0.4, -0.2) is 77.0 Å². The van der Waals surface area contributed by atoms with Crippen LogP contribution in [0.1, 0.15) is 74.7 Å². The number of likely N-dealkylation sites (tertiary alicyclic amines) is 1. The van der Waals surface area contributed by atoms with E-state index < -0.39 is 47.9 Å². The summed E-state index contributed by atoms with van der Waals surface area (Å²) in [6.07, 6.45) is 3.66. The lowest BCUT2D eigenvalue weighted by molar-refractivity contribution is -0.148. The number of nitrogens with zero attached hydrogens (tertiary/aromatic N) is 1. The molecule has 11 heteroatoms. The van der Waals surface area contributed by atoms with Crippen LogP contribution in [0.3, 0.4) is 0 Å². The minimum Gasteiger partial charge on any atom is -0.480 e. The minimum absolute atomic E-state index is 0.122. The molecule has 1 heterocycles. The van der Waals surface area contributed by atoms with E-state index in [1.807, 2.05) is 44.2 Å². The number of carboxylic acids is 1. The normalized spacial score (nSPS) is 17.3. The fourth-order valence-electron chi connectivity index (χ4n) is 5.35. The van der Waals surface area contributed by atoms with Crippen LogP contribution in [-0.2, 0) is 30.3 Å². The van der Waals surface area contributed by atoms with Crippen molar-refractivity contribution in [2.24, 2.45) is 11.7 Å². The lowest BCUT2D eigenvalue weighted by Gasteiger charge is -2.38. The summed E-state index contributed by atoms with van der Waals surface area (Å²) in [4.78, 5) is 65.9. The second-order valence-corrected chi connectivity index (χ2v) is 11.6. The van der Waals surface area contributed by atoms with E-state index in [0.717, 1.165) is 5.56 Å². The molecule has 0 saturated carbocycles. The second-order valence-electron chi connectivity index (χ2n) is 11.6. The van der Waals surface area contributed by atoms with E-state index in [1.165, 1.54) is 4.90 Å². The van der Waals surface area contributed by atoms with E-state index >= 15 is 0 Å². The van der Waals surface area contributed by atoms with Crippen LogP contribution in [0.15, 0.2) is 60.7 Å². The Hall–Kier alpha value is -4.25. The summed E-state index contributed by atoms with van der Waals surface area (Å²) in [5.74, 6) is -3.23. The van der Waals surface area contributed by atoms with Crippen LogP contribution in [0, 0.1) is 5.92 Å². The van der Waals surface area contributed by atoms with Gasteiger partial charge in [-0.25, -0.2) is 9.59 Å². The Morgan fingerprint density at radius 2 is 1.64 bits per heavy atom. The number of unbranched alkanes of at least 4 members (excludes halogenated alkanes) is 1. The number of aliphatic carboxylic acids is 1. The number of carbonyl (C=O) groups is 5. The summed E-state index contributed by atoms with van der Waals surface area (Å²) in [6, 6.07) is 14.2. The van der Waals surface area contributed by atoms with Crippen LogP contribution in [0.5, 0.6) is 0 Å². The van der Waals surface area contributed by atoms with Gasteiger partial charge in [0.05, 0.1) is 18.2 Å². The van der Waals surface area contributed by atoms with Gasteiger partial charge in [-0.2, -0.15) is 0 Å². The van der Waals surface area contributed by atoms with Crippen LogP contribution in [0.25, 0.3) is 0 Å². The average molecular weight is 623 g/mol. The van der Waals surface area contributed by atoms with E-state index in [0.29, 0.717) is 57.1 Å². The Morgan fingerprint density at radius 1 is 0.978 bits per heavy atom. The maximum Gasteiger partial charge on any atom is 0.338 e. The number of amides is 3. The van der Waals surface area contributed by atoms with E-state index in [4.69, 9.17) is 10.5 Å². The Kier molecular flexibility index (Phi) is 14.0. The minimum atomic E-state index is -1.18. The summed E-state index contributed by atoms with van der Waals surface area (Å²) in [5, 5.41) is 15.3. The smallest absolute Gasteiger partial charge is 0.338 e. The number of benzene rings is 2. The van der Waals surface area contributed by atoms with Crippen molar-refractivity contribution in [3.63, 3.8) is 0 Å². The molecular weight excluding hydrogens is 576 g/mol. The monoisotopic (exact) mass is 622 g/mol. The Labute approximate surface area is 264 Å². The van der Waals surface area contributed by atoms with Gasteiger partial charge in [0.1, 0.15) is 18.1 Å². The Balaban J connectivity index is 1.58. The van der Waals surface area contributed by atoms with Gasteiger partial charge in [-0.1, -0.05) is 68.8 Å². The first-order chi connectivity index (χ1) is 21.6. The van der Waals surface area contributed by atoms with Gasteiger partial charge in [0, 0.05) is 6.54 Å². The predicted molar refractivity (Wildman–Crippen MR) is 169 cm³/mol. The van der Waals surface area contributed by atoms with Gasteiger partial charge in [0.15, 0.2) is 0 Å². The SMILES string of the molecule is CC[C@H](C)[C@H](NC(=O)[C@H](N)Cc1ccccc1)C(=O)N1CCCC[C@H]1C(=O)N[C@@H](CCCCOC(=O)c1ccccc1)C(=O)O. The molecule has 0 spiro atoms. The zero-order chi connectivity index (χ0) is 32.8. The molecule has 5 atom stereocenters. The molecule has 1 aliphatic heterocycles. The summed E-state index contributed by atoms with van der Waals surface area (Å²) in [7, 11) is 0. The number of nitrogens with two attached hydrogens (primary N) is 1. The molecule has 11 nitrogen and oxygen atoms in total. The summed E-state index contributed by atoms with van der Waals surface area (Å²) >= 11 is 0. The third kappa shape index (κ3) is 10.7. The van der Waals surface area contributed by atoms with E-state index in [9.17, 15) is 29.1 Å². The van der Waals surface area contributed by atoms with Crippen LogP contribution in [0.2, 0.25) is 0 Å². The lowest BCUT2D eigenvalue weighted by atomic mass is 9.93. The number of piperidine rings is 1. The fraction of sp³-hybridized carbons (Fsp3) is 0.500. The van der Waals surface area contributed by atoms with Gasteiger partial charge >= 0.3 is 11.9 Å². The molecule has 3 rings (SSSR count). The third-order valence-electron chi connectivity index (χ3n) is 8.24. The summed E-state index contributed by atoms with van der Waals surface area (Å²) in [5.41, 5.74) is 7.53. The van der Waals surface area contributed by atoms with E-state index in [1.54, 1.807) is 30.3 Å². The molecule has 1 aliphatic rings. The molecule has 244 valence electrons. The van der Waals surface area contributed by atoms with Gasteiger partial charge in [0.2, 0.25) is 17.7 Å². The van der Waals surface area contributed by atoms with Gasteiger partial charge in [-0.15, -0.1) is 0 Å². The predicted octanol–water partition coefficient (Wildman–Crippen LogP) is 3.07. The van der Waals surface area contributed by atoms with Crippen molar-refractivity contribution >= 4 is 29.7 Å². The van der Waals surface area contributed by atoms with Crippen molar-refractivity contribution in [2.45, 2.75) is 89.4 Å². The molecule has 0 aliphatic carbocycles. The third-order valence-corrected chi connectivity index (χ3v) is 8.24. The molecule has 5 N–H and O–H groups in total. The highest BCUT2D eigenvalue weighted by molar-refractivity contribution is 5.94. The maximum absolute atomic E-state index is 13.9. The quantitative estimate of drug-likeness (QED) is 0.164. The molecule has 0 bridgehead atoms. The van der Waals surface area contributed by atoms with Gasteiger partial charge in [-0.3, -0.25) is 14.4 Å². The molecule has 2 aromatic carbocycles. The van der Waals surface area contributed by atoms with E-state index in [2.05, 4.69) is 10.6 Å². The van der Waals surface area contributed by atoms with Gasteiger partial charge in [0.25, 0.3) is 0 Å². The molecule has 3 amide bonds. The summed E-state index contributed by atoms with van der Waals surface area (Å²) in [6.45, 7) is 4.22. The largest absolute Gasteiger partial charge is 0.480 e. The molecule has 1 fully saturated rings. The van der Waals surface area contributed by atoms with Crippen LogP contribution < -0.4 is 16.4 Å². The number of ether oxygens (including phenoxy) is 1. The standard InChI is InChI=1S/C34H46N4O7/c1-3-23(2)29(37-30(39)26(35)22-24-14-6-4-7-15-24)32(41)38-20-12-10-19-28(38)31(40)36-27(33(42)43)18-11-13-21-45-34(44)25-16-8-5-9-17-25/h4-9,14-17,23,26-29H,3,10-13,18-22,35H2,1-2H3,(H,36,40)(H,37,39)(H,42,43)/t23-,26+,27-,28-,29-/m0/s1. The average Bonchev–Trinajstić information content (AvgIpc) is 3.06. The van der Waals surface area contributed by atoms with E-state index in [-0.39, 0.29) is 24.9 Å². The molecule has 2 aromatic rings. The fourth-order valence-corrected chi connectivity index (χ4v) is 5.35. The van der Waals surface area contributed by atoms with Crippen molar-refractivity contribution in [3.05, 3.63) is 71.8 Å². The number of hydrogen-bond donors (Lipinski definition) is 4. The molecule has 0 unspecified atom stereocenters. The maximum atomic E-state index is 13.9. The van der Waals surface area contributed by atoms with Crippen molar-refractivity contribution < 1.29 is 33.8 Å². The number of hydrogen-bond acceptors (Lipinski definition) is 7. The Morgan fingerprint density at radius 3 is 2.29 bits per heavy atom. The number of rotatable bonds is 16. The number of nitrogens with one attached hydrogen (secondary N) is 2. The Bertz CT molecular complexity index is 1270.